The highest BCUT2D eigenvalue weighted by atomic mass is 16.2. The molecule has 3 aromatic carbocycles. The van der Waals surface area contributed by atoms with Crippen molar-refractivity contribution >= 4 is 28.5 Å². The SMILES string of the molecule is O=C(NC1CCCCCC1)c1ccc2[nH]c(-c3ccc(NC(=O)C4CC4c4ccccc4)cc3)nc2c1. The summed E-state index contributed by atoms with van der Waals surface area (Å²) in [5, 5.41) is 6.27. The average Bonchev–Trinajstić information content (AvgIpc) is 3.68. The molecule has 188 valence electrons. The first-order valence-corrected chi connectivity index (χ1v) is 13.4. The van der Waals surface area contributed by atoms with E-state index < -0.39 is 0 Å². The first-order chi connectivity index (χ1) is 18.1. The first-order valence-electron chi connectivity index (χ1n) is 13.4. The van der Waals surface area contributed by atoms with Gasteiger partial charge < -0.3 is 15.6 Å². The molecule has 2 atom stereocenters. The lowest BCUT2D eigenvalue weighted by Crippen LogP contribution is -2.34. The van der Waals surface area contributed by atoms with E-state index in [1.807, 2.05) is 60.7 Å². The maximum atomic E-state index is 12.8. The molecule has 0 radical (unpaired) electrons. The zero-order valence-corrected chi connectivity index (χ0v) is 20.9. The number of amides is 2. The van der Waals surface area contributed by atoms with E-state index in [-0.39, 0.29) is 23.8 Å². The van der Waals surface area contributed by atoms with Gasteiger partial charge in [0, 0.05) is 28.8 Å². The van der Waals surface area contributed by atoms with Crippen LogP contribution in [-0.4, -0.2) is 27.8 Å². The molecular formula is C31H32N4O2. The Hall–Kier alpha value is -3.93. The Morgan fingerprint density at radius 2 is 1.62 bits per heavy atom. The van der Waals surface area contributed by atoms with Crippen LogP contribution in [0.1, 0.15) is 66.8 Å². The Balaban J connectivity index is 1.10. The monoisotopic (exact) mass is 492 g/mol. The van der Waals surface area contributed by atoms with Gasteiger partial charge in [0.15, 0.2) is 0 Å². The Morgan fingerprint density at radius 1 is 0.865 bits per heavy atom. The van der Waals surface area contributed by atoms with Gasteiger partial charge in [0.2, 0.25) is 5.91 Å². The van der Waals surface area contributed by atoms with Crippen molar-refractivity contribution in [3.05, 3.63) is 83.9 Å². The number of benzene rings is 3. The molecule has 6 heteroatoms. The maximum Gasteiger partial charge on any atom is 0.251 e. The fourth-order valence-corrected chi connectivity index (χ4v) is 5.48. The predicted octanol–water partition coefficient (Wildman–Crippen LogP) is 6.42. The smallest absolute Gasteiger partial charge is 0.251 e. The van der Waals surface area contributed by atoms with Crippen molar-refractivity contribution in [1.29, 1.82) is 0 Å². The Bertz CT molecular complexity index is 1400. The average molecular weight is 493 g/mol. The van der Waals surface area contributed by atoms with Crippen molar-refractivity contribution in [1.82, 2.24) is 15.3 Å². The van der Waals surface area contributed by atoms with Crippen molar-refractivity contribution in [2.24, 2.45) is 5.92 Å². The lowest BCUT2D eigenvalue weighted by atomic mass is 10.1. The number of nitrogens with one attached hydrogen (secondary N) is 3. The van der Waals surface area contributed by atoms with Crippen LogP contribution in [0.2, 0.25) is 0 Å². The van der Waals surface area contributed by atoms with Gasteiger partial charge in [-0.2, -0.15) is 0 Å². The number of fused-ring (bicyclic) bond motifs is 1. The van der Waals surface area contributed by atoms with E-state index in [1.165, 1.54) is 31.2 Å². The molecule has 4 aromatic rings. The third kappa shape index (κ3) is 5.29. The van der Waals surface area contributed by atoms with Gasteiger partial charge in [-0.3, -0.25) is 9.59 Å². The molecule has 1 aromatic heterocycles. The molecule has 2 aliphatic carbocycles. The van der Waals surface area contributed by atoms with Crippen LogP contribution in [0.5, 0.6) is 0 Å². The third-order valence-corrected chi connectivity index (χ3v) is 7.72. The van der Waals surface area contributed by atoms with Gasteiger partial charge in [0.05, 0.1) is 11.0 Å². The van der Waals surface area contributed by atoms with Gasteiger partial charge in [-0.15, -0.1) is 0 Å². The number of anilines is 1. The van der Waals surface area contributed by atoms with E-state index in [2.05, 4.69) is 27.8 Å². The van der Waals surface area contributed by atoms with Crippen LogP contribution in [0.15, 0.2) is 72.8 Å². The van der Waals surface area contributed by atoms with Crippen LogP contribution in [0, 0.1) is 5.92 Å². The van der Waals surface area contributed by atoms with Crippen LogP contribution in [0.3, 0.4) is 0 Å². The summed E-state index contributed by atoms with van der Waals surface area (Å²) in [7, 11) is 0. The molecule has 0 aliphatic heterocycles. The van der Waals surface area contributed by atoms with Crippen LogP contribution in [0.4, 0.5) is 5.69 Å². The van der Waals surface area contributed by atoms with E-state index in [1.54, 1.807) is 0 Å². The molecular weight excluding hydrogens is 460 g/mol. The molecule has 2 amide bonds. The normalized spacial score (nSPS) is 19.8. The lowest BCUT2D eigenvalue weighted by molar-refractivity contribution is -0.117. The zero-order valence-electron chi connectivity index (χ0n) is 20.9. The van der Waals surface area contributed by atoms with Crippen molar-refractivity contribution in [2.75, 3.05) is 5.32 Å². The molecule has 3 N–H and O–H groups in total. The predicted molar refractivity (Wildman–Crippen MR) is 146 cm³/mol. The van der Waals surface area contributed by atoms with E-state index in [9.17, 15) is 9.59 Å². The standard InChI is InChI=1S/C31H32N4O2/c36-30(32-23-10-6-1-2-7-11-23)22-14-17-27-28(18-22)35-29(34-27)21-12-15-24(16-13-21)33-31(37)26-19-25(26)20-8-4-3-5-9-20/h3-5,8-9,12-18,23,25-26H,1-2,6-7,10-11,19H2,(H,32,36)(H,33,37)(H,34,35). The van der Waals surface area contributed by atoms with Crippen molar-refractivity contribution < 1.29 is 9.59 Å². The van der Waals surface area contributed by atoms with Crippen LogP contribution in [-0.2, 0) is 4.79 Å². The second-order valence-corrected chi connectivity index (χ2v) is 10.4. The molecule has 0 saturated heterocycles. The van der Waals surface area contributed by atoms with E-state index >= 15 is 0 Å². The van der Waals surface area contributed by atoms with Crippen molar-refractivity contribution in [2.45, 2.75) is 56.9 Å². The van der Waals surface area contributed by atoms with Crippen LogP contribution < -0.4 is 10.6 Å². The number of aromatic amines is 1. The van der Waals surface area contributed by atoms with Crippen molar-refractivity contribution in [3.63, 3.8) is 0 Å². The summed E-state index contributed by atoms with van der Waals surface area (Å²) in [6.07, 6.45) is 7.91. The highest BCUT2D eigenvalue weighted by molar-refractivity contribution is 5.98. The zero-order chi connectivity index (χ0) is 25.2. The summed E-state index contributed by atoms with van der Waals surface area (Å²) < 4.78 is 0. The van der Waals surface area contributed by atoms with E-state index in [0.717, 1.165) is 47.4 Å². The summed E-state index contributed by atoms with van der Waals surface area (Å²) in [6, 6.07) is 23.8. The highest BCUT2D eigenvalue weighted by Crippen LogP contribution is 2.47. The summed E-state index contributed by atoms with van der Waals surface area (Å²) in [4.78, 5) is 33.6. The Morgan fingerprint density at radius 3 is 2.38 bits per heavy atom. The minimum atomic E-state index is -0.0244. The molecule has 0 spiro atoms. The maximum absolute atomic E-state index is 12.8. The van der Waals surface area contributed by atoms with Gasteiger partial charge in [-0.25, -0.2) is 4.98 Å². The molecule has 37 heavy (non-hydrogen) atoms. The van der Waals surface area contributed by atoms with Crippen LogP contribution in [0.25, 0.3) is 22.4 Å². The molecule has 2 aliphatic rings. The number of hydrogen-bond donors (Lipinski definition) is 3. The van der Waals surface area contributed by atoms with Gasteiger partial charge >= 0.3 is 0 Å². The minimum Gasteiger partial charge on any atom is -0.349 e. The number of hydrogen-bond acceptors (Lipinski definition) is 3. The third-order valence-electron chi connectivity index (χ3n) is 7.72. The fourth-order valence-electron chi connectivity index (χ4n) is 5.48. The number of aromatic nitrogens is 2. The number of rotatable bonds is 6. The molecule has 2 saturated carbocycles. The number of carbonyl (C=O) groups excluding carboxylic acids is 2. The Kier molecular flexibility index (Phi) is 6.47. The second kappa shape index (κ2) is 10.2. The number of imidazole rings is 1. The quantitative estimate of drug-likeness (QED) is 0.271. The molecule has 2 fully saturated rings. The molecule has 0 bridgehead atoms. The molecule has 6 rings (SSSR count). The highest BCUT2D eigenvalue weighted by Gasteiger charge is 2.43. The minimum absolute atomic E-state index is 0.0244. The van der Waals surface area contributed by atoms with Gasteiger partial charge in [-0.1, -0.05) is 56.0 Å². The molecule has 2 unspecified atom stereocenters. The van der Waals surface area contributed by atoms with Gasteiger partial charge in [0.25, 0.3) is 5.91 Å². The second-order valence-electron chi connectivity index (χ2n) is 10.4. The van der Waals surface area contributed by atoms with E-state index in [0.29, 0.717) is 11.5 Å². The molecule has 1 heterocycles. The molecule has 6 nitrogen and oxygen atoms in total. The van der Waals surface area contributed by atoms with E-state index in [4.69, 9.17) is 4.98 Å². The van der Waals surface area contributed by atoms with Crippen molar-refractivity contribution in [3.8, 4) is 11.4 Å². The summed E-state index contributed by atoms with van der Waals surface area (Å²) in [5.74, 6) is 1.13. The first kappa shape index (κ1) is 23.5. The number of carbonyl (C=O) groups is 2. The number of H-pyrrole nitrogens is 1. The topological polar surface area (TPSA) is 86.9 Å². The summed E-state index contributed by atoms with van der Waals surface area (Å²) >= 11 is 0. The largest absolute Gasteiger partial charge is 0.349 e. The summed E-state index contributed by atoms with van der Waals surface area (Å²) in [5.41, 5.74) is 5.23. The lowest BCUT2D eigenvalue weighted by Gasteiger charge is -2.16. The van der Waals surface area contributed by atoms with Gasteiger partial charge in [-0.05, 0) is 73.2 Å². The van der Waals surface area contributed by atoms with Crippen LogP contribution >= 0.6 is 0 Å². The Labute approximate surface area is 216 Å². The number of nitrogens with zero attached hydrogens (tertiary/aromatic N) is 1. The summed E-state index contributed by atoms with van der Waals surface area (Å²) in [6.45, 7) is 0. The van der Waals surface area contributed by atoms with Gasteiger partial charge in [0.1, 0.15) is 5.82 Å². The fraction of sp³-hybridized carbons (Fsp3) is 0.323.